The number of nitrogens with one attached hydrogen (secondary N) is 2. The van der Waals surface area contributed by atoms with Crippen LogP contribution in [0.1, 0.15) is 71.1 Å². The number of carbonyl (C=O) groups is 1. The molecule has 4 bridgehead atoms. The van der Waals surface area contributed by atoms with E-state index >= 15 is 0 Å². The van der Waals surface area contributed by atoms with Crippen LogP contribution in [0.5, 0.6) is 0 Å². The van der Waals surface area contributed by atoms with Gasteiger partial charge >= 0.3 is 6.03 Å². The van der Waals surface area contributed by atoms with Crippen LogP contribution in [-0.4, -0.2) is 18.6 Å². The van der Waals surface area contributed by atoms with E-state index in [1.807, 2.05) is 0 Å². The first-order valence-corrected chi connectivity index (χ1v) is 9.67. The van der Waals surface area contributed by atoms with Crippen LogP contribution in [0.15, 0.2) is 0 Å². The minimum absolute atomic E-state index is 0.0788. The standard InChI is InChI=1S/C19H32N2O/c1-13(21-18(22)20-12-14-4-2-3-5-14)19-9-15-6-16(10-19)8-17(7-15)11-19/h13-17H,2-12H2,1H3,(H2,20,21,22). The molecule has 0 saturated heterocycles. The summed E-state index contributed by atoms with van der Waals surface area (Å²) in [4.78, 5) is 12.3. The highest BCUT2D eigenvalue weighted by Gasteiger charge is 2.53. The van der Waals surface area contributed by atoms with Crippen molar-refractivity contribution in [1.29, 1.82) is 0 Å². The predicted molar refractivity (Wildman–Crippen MR) is 88.6 cm³/mol. The molecule has 0 spiro atoms. The number of hydrogen-bond donors (Lipinski definition) is 2. The Balaban J connectivity index is 1.31. The summed E-state index contributed by atoms with van der Waals surface area (Å²) in [5.41, 5.74) is 0.416. The molecule has 0 aromatic carbocycles. The van der Waals surface area contributed by atoms with Gasteiger partial charge in [0.15, 0.2) is 0 Å². The summed E-state index contributed by atoms with van der Waals surface area (Å²) in [6.45, 7) is 3.14. The molecule has 1 unspecified atom stereocenters. The number of rotatable bonds is 4. The Labute approximate surface area is 135 Å². The van der Waals surface area contributed by atoms with Gasteiger partial charge in [-0.05, 0) is 87.4 Å². The summed E-state index contributed by atoms with van der Waals surface area (Å²) in [5.74, 6) is 3.59. The van der Waals surface area contributed by atoms with Crippen LogP contribution in [-0.2, 0) is 0 Å². The number of amides is 2. The summed E-state index contributed by atoms with van der Waals surface area (Å²) < 4.78 is 0. The fourth-order valence-corrected chi connectivity index (χ4v) is 6.56. The van der Waals surface area contributed by atoms with E-state index < -0.39 is 0 Å². The molecule has 5 aliphatic rings. The molecule has 3 heteroatoms. The monoisotopic (exact) mass is 304 g/mol. The molecule has 0 aromatic heterocycles. The summed E-state index contributed by atoms with van der Waals surface area (Å²) in [5, 5.41) is 6.45. The molecule has 1 atom stereocenters. The van der Waals surface area contributed by atoms with E-state index in [1.54, 1.807) is 0 Å². The van der Waals surface area contributed by atoms with Crippen molar-refractivity contribution in [2.45, 2.75) is 77.2 Å². The van der Waals surface area contributed by atoms with Gasteiger partial charge < -0.3 is 10.6 Å². The van der Waals surface area contributed by atoms with E-state index in [0.29, 0.717) is 11.5 Å². The molecule has 5 fully saturated rings. The molecule has 22 heavy (non-hydrogen) atoms. The summed E-state index contributed by atoms with van der Waals surface area (Å²) >= 11 is 0. The minimum atomic E-state index is 0.0788. The lowest BCUT2D eigenvalue weighted by Crippen LogP contribution is -2.57. The van der Waals surface area contributed by atoms with Crippen LogP contribution < -0.4 is 10.6 Å². The second-order valence-electron chi connectivity index (χ2n) is 9.01. The second kappa shape index (κ2) is 5.72. The highest BCUT2D eigenvalue weighted by molar-refractivity contribution is 5.74. The third-order valence-corrected chi connectivity index (χ3v) is 7.38. The normalized spacial score (nSPS) is 41.6. The van der Waals surface area contributed by atoms with Gasteiger partial charge in [0.1, 0.15) is 0 Å². The average molecular weight is 304 g/mol. The van der Waals surface area contributed by atoms with E-state index in [-0.39, 0.29) is 6.03 Å². The third kappa shape index (κ3) is 2.76. The van der Waals surface area contributed by atoms with Gasteiger partial charge in [0.2, 0.25) is 0 Å². The molecule has 0 aromatic rings. The van der Waals surface area contributed by atoms with Gasteiger partial charge in [-0.25, -0.2) is 4.79 Å². The van der Waals surface area contributed by atoms with Crippen molar-refractivity contribution in [3.8, 4) is 0 Å². The topological polar surface area (TPSA) is 41.1 Å². The van der Waals surface area contributed by atoms with Gasteiger partial charge in [-0.1, -0.05) is 12.8 Å². The highest BCUT2D eigenvalue weighted by Crippen LogP contribution is 2.61. The zero-order valence-corrected chi connectivity index (χ0v) is 14.1. The molecule has 5 aliphatic carbocycles. The van der Waals surface area contributed by atoms with Crippen molar-refractivity contribution < 1.29 is 4.79 Å². The van der Waals surface area contributed by atoms with Crippen molar-refractivity contribution in [2.75, 3.05) is 6.54 Å². The lowest BCUT2D eigenvalue weighted by atomic mass is 9.48. The fourth-order valence-electron chi connectivity index (χ4n) is 6.56. The van der Waals surface area contributed by atoms with Crippen molar-refractivity contribution in [1.82, 2.24) is 10.6 Å². The molecule has 0 heterocycles. The first-order chi connectivity index (χ1) is 10.6. The van der Waals surface area contributed by atoms with Crippen LogP contribution in [0, 0.1) is 29.1 Å². The number of hydrogen-bond acceptors (Lipinski definition) is 1. The van der Waals surface area contributed by atoms with E-state index in [9.17, 15) is 4.79 Å². The van der Waals surface area contributed by atoms with Gasteiger partial charge in [-0.15, -0.1) is 0 Å². The van der Waals surface area contributed by atoms with Crippen molar-refractivity contribution in [3.05, 3.63) is 0 Å². The van der Waals surface area contributed by atoms with Gasteiger partial charge in [0.05, 0.1) is 0 Å². The Bertz CT molecular complexity index is 392. The first-order valence-electron chi connectivity index (χ1n) is 9.67. The number of carbonyl (C=O) groups excluding carboxylic acids is 1. The lowest BCUT2D eigenvalue weighted by molar-refractivity contribution is -0.0682. The summed E-state index contributed by atoms with van der Waals surface area (Å²) in [7, 11) is 0. The molecule has 0 radical (unpaired) electrons. The SMILES string of the molecule is CC(NC(=O)NCC1CCCC1)C12CC3CC(CC(C3)C1)C2. The lowest BCUT2D eigenvalue weighted by Gasteiger charge is -2.59. The van der Waals surface area contributed by atoms with Gasteiger partial charge in [0, 0.05) is 12.6 Å². The second-order valence-corrected chi connectivity index (χ2v) is 9.01. The van der Waals surface area contributed by atoms with E-state index in [1.165, 1.54) is 64.2 Å². The zero-order chi connectivity index (χ0) is 15.2. The molecule has 2 amide bonds. The Morgan fingerprint density at radius 2 is 1.59 bits per heavy atom. The largest absolute Gasteiger partial charge is 0.338 e. The Hall–Kier alpha value is -0.730. The minimum Gasteiger partial charge on any atom is -0.338 e. The van der Waals surface area contributed by atoms with Gasteiger partial charge in [-0.2, -0.15) is 0 Å². The maximum atomic E-state index is 12.3. The van der Waals surface area contributed by atoms with Gasteiger partial charge in [0.25, 0.3) is 0 Å². The summed E-state index contributed by atoms with van der Waals surface area (Å²) in [6, 6.07) is 0.416. The molecule has 3 nitrogen and oxygen atoms in total. The zero-order valence-electron chi connectivity index (χ0n) is 14.1. The molecule has 0 aliphatic heterocycles. The van der Waals surface area contributed by atoms with E-state index in [2.05, 4.69) is 17.6 Å². The van der Waals surface area contributed by atoms with Crippen LogP contribution in [0.2, 0.25) is 0 Å². The van der Waals surface area contributed by atoms with Gasteiger partial charge in [-0.3, -0.25) is 0 Å². The van der Waals surface area contributed by atoms with Crippen LogP contribution in [0.3, 0.4) is 0 Å². The average Bonchev–Trinajstić information content (AvgIpc) is 2.97. The van der Waals surface area contributed by atoms with Crippen molar-refractivity contribution in [3.63, 3.8) is 0 Å². The Morgan fingerprint density at radius 3 is 2.14 bits per heavy atom. The Kier molecular flexibility index (Phi) is 3.86. The van der Waals surface area contributed by atoms with E-state index in [4.69, 9.17) is 0 Å². The first kappa shape index (κ1) is 14.8. The fraction of sp³-hybridized carbons (Fsp3) is 0.947. The van der Waals surface area contributed by atoms with Crippen molar-refractivity contribution in [2.24, 2.45) is 29.1 Å². The molecule has 2 N–H and O–H groups in total. The molecule has 5 saturated carbocycles. The maximum absolute atomic E-state index is 12.3. The quantitative estimate of drug-likeness (QED) is 0.807. The molecule has 124 valence electrons. The molecule has 5 rings (SSSR count). The van der Waals surface area contributed by atoms with Crippen LogP contribution in [0.25, 0.3) is 0 Å². The highest BCUT2D eigenvalue weighted by atomic mass is 16.2. The van der Waals surface area contributed by atoms with Crippen LogP contribution >= 0.6 is 0 Å². The summed E-state index contributed by atoms with van der Waals surface area (Å²) in [6.07, 6.45) is 13.8. The number of urea groups is 1. The van der Waals surface area contributed by atoms with Crippen molar-refractivity contribution >= 4 is 6.03 Å². The van der Waals surface area contributed by atoms with E-state index in [0.717, 1.165) is 30.2 Å². The predicted octanol–water partition coefficient (Wildman–Crippen LogP) is 4.08. The Morgan fingerprint density at radius 1 is 1.05 bits per heavy atom. The smallest absolute Gasteiger partial charge is 0.315 e. The maximum Gasteiger partial charge on any atom is 0.315 e. The third-order valence-electron chi connectivity index (χ3n) is 7.38. The van der Waals surface area contributed by atoms with Crippen LogP contribution in [0.4, 0.5) is 4.79 Å². The molecular weight excluding hydrogens is 272 g/mol. The molecular formula is C19H32N2O.